The summed E-state index contributed by atoms with van der Waals surface area (Å²) in [5, 5.41) is 10.6. The molecule has 1 aliphatic rings. The molecule has 3 rings (SSSR count). The lowest BCUT2D eigenvalue weighted by molar-refractivity contribution is -0.168. The second kappa shape index (κ2) is 10.8. The molecule has 0 aliphatic heterocycles. The van der Waals surface area contributed by atoms with Crippen molar-refractivity contribution in [2.24, 2.45) is 11.8 Å². The number of carbonyl (C=O) groups excluding carboxylic acids is 2. The van der Waals surface area contributed by atoms with E-state index in [-0.39, 0.29) is 29.8 Å². The molecule has 1 aromatic carbocycles. The predicted octanol–water partition coefficient (Wildman–Crippen LogP) is 5.22. The number of hydrogen-bond donors (Lipinski definition) is 1. The number of furan rings is 1. The van der Waals surface area contributed by atoms with Gasteiger partial charge in [-0.3, -0.25) is 0 Å². The van der Waals surface area contributed by atoms with E-state index in [1.807, 2.05) is 18.2 Å². The number of ether oxygens (including phenoxy) is 2. The van der Waals surface area contributed by atoms with Crippen molar-refractivity contribution in [2.45, 2.75) is 64.6 Å². The molecule has 1 heterocycles. The molecule has 1 N–H and O–H groups in total. The Morgan fingerprint density at radius 1 is 1.18 bits per heavy atom. The van der Waals surface area contributed by atoms with Crippen molar-refractivity contribution in [1.82, 2.24) is 0 Å². The number of aliphatic hydroxyl groups excluding tert-OH is 1. The Morgan fingerprint density at radius 2 is 1.91 bits per heavy atom. The molecule has 0 unspecified atom stereocenters. The van der Waals surface area contributed by atoms with Crippen LogP contribution in [0.5, 0.6) is 0 Å². The van der Waals surface area contributed by atoms with E-state index in [0.29, 0.717) is 11.7 Å². The highest BCUT2D eigenvalue weighted by molar-refractivity contribution is 5.86. The van der Waals surface area contributed by atoms with E-state index in [4.69, 9.17) is 13.9 Å². The standard InChI is InChI=1S/C27H34O6/c1-5-31-24(28)16-13-20-12-15-22(32-20)25(29)26(30)33-23-17-18(2)11-14-21(23)27(3,4)19-9-7-6-8-10-19/h6-10,12-13,15-16,18,21,23,25,29H,5,11,14,17H2,1-4H3/b16-13+/t18-,21-,23-,25-/m1/s1. The number of rotatable bonds is 8. The lowest BCUT2D eigenvalue weighted by Gasteiger charge is -2.44. The highest BCUT2D eigenvalue weighted by atomic mass is 16.6. The zero-order chi connectivity index (χ0) is 24.0. The van der Waals surface area contributed by atoms with Crippen molar-refractivity contribution in [1.29, 1.82) is 0 Å². The Hall–Kier alpha value is -2.86. The lowest BCUT2D eigenvalue weighted by Crippen LogP contribution is -2.44. The van der Waals surface area contributed by atoms with Gasteiger partial charge in [-0.1, -0.05) is 57.5 Å². The van der Waals surface area contributed by atoms with Gasteiger partial charge in [-0.25, -0.2) is 9.59 Å². The van der Waals surface area contributed by atoms with Crippen molar-refractivity contribution >= 4 is 18.0 Å². The molecular formula is C27H34O6. The number of carbonyl (C=O) groups is 2. The van der Waals surface area contributed by atoms with Gasteiger partial charge in [0.15, 0.2) is 0 Å². The Balaban J connectivity index is 1.71. The van der Waals surface area contributed by atoms with Crippen LogP contribution in [0.2, 0.25) is 0 Å². The predicted molar refractivity (Wildman–Crippen MR) is 125 cm³/mol. The van der Waals surface area contributed by atoms with Crippen LogP contribution in [0.1, 0.15) is 70.1 Å². The van der Waals surface area contributed by atoms with Crippen LogP contribution in [0.25, 0.3) is 6.08 Å². The molecule has 33 heavy (non-hydrogen) atoms. The molecule has 1 saturated carbocycles. The molecule has 1 aromatic heterocycles. The van der Waals surface area contributed by atoms with E-state index in [2.05, 4.69) is 32.9 Å². The van der Waals surface area contributed by atoms with Crippen LogP contribution in [0.3, 0.4) is 0 Å². The Labute approximate surface area is 195 Å². The molecule has 6 heteroatoms. The summed E-state index contributed by atoms with van der Waals surface area (Å²) < 4.78 is 16.2. The van der Waals surface area contributed by atoms with Gasteiger partial charge in [0.1, 0.15) is 17.6 Å². The van der Waals surface area contributed by atoms with E-state index in [1.54, 1.807) is 13.0 Å². The first-order chi connectivity index (χ1) is 15.7. The molecule has 4 atom stereocenters. The van der Waals surface area contributed by atoms with Crippen molar-refractivity contribution in [3.8, 4) is 0 Å². The van der Waals surface area contributed by atoms with Crippen LogP contribution >= 0.6 is 0 Å². The normalized spacial score (nSPS) is 22.2. The first kappa shape index (κ1) is 24.8. The van der Waals surface area contributed by atoms with Crippen LogP contribution < -0.4 is 0 Å². The Bertz CT molecular complexity index is 958. The Kier molecular flexibility index (Phi) is 8.14. The largest absolute Gasteiger partial charge is 0.463 e. The zero-order valence-corrected chi connectivity index (χ0v) is 19.8. The third kappa shape index (κ3) is 6.14. The molecular weight excluding hydrogens is 420 g/mol. The number of benzene rings is 1. The SMILES string of the molecule is CCOC(=O)/C=C/c1ccc([C@@H](O)C(=O)O[C@@H]2C[C@H](C)CC[C@H]2C(C)(C)c2ccccc2)o1. The highest BCUT2D eigenvalue weighted by Gasteiger charge is 2.42. The number of hydrogen-bond acceptors (Lipinski definition) is 6. The molecule has 178 valence electrons. The van der Waals surface area contributed by atoms with Crippen molar-refractivity contribution in [3.05, 3.63) is 65.6 Å². The average molecular weight is 455 g/mol. The summed E-state index contributed by atoms with van der Waals surface area (Å²) in [6, 6.07) is 13.4. The maximum atomic E-state index is 12.9. The van der Waals surface area contributed by atoms with Gasteiger partial charge in [0.05, 0.1) is 6.61 Å². The van der Waals surface area contributed by atoms with Crippen molar-refractivity contribution in [2.75, 3.05) is 6.61 Å². The maximum absolute atomic E-state index is 12.9. The molecule has 2 aromatic rings. The fourth-order valence-electron chi connectivity index (χ4n) is 4.64. The zero-order valence-electron chi connectivity index (χ0n) is 19.8. The van der Waals surface area contributed by atoms with E-state index in [0.717, 1.165) is 19.3 Å². The number of aliphatic hydroxyl groups is 1. The van der Waals surface area contributed by atoms with Crippen LogP contribution in [0.4, 0.5) is 0 Å². The molecule has 0 amide bonds. The first-order valence-corrected chi connectivity index (χ1v) is 11.6. The quantitative estimate of drug-likeness (QED) is 0.435. The fourth-order valence-corrected chi connectivity index (χ4v) is 4.64. The van der Waals surface area contributed by atoms with E-state index >= 15 is 0 Å². The monoisotopic (exact) mass is 454 g/mol. The summed E-state index contributed by atoms with van der Waals surface area (Å²) in [4.78, 5) is 24.3. The van der Waals surface area contributed by atoms with Crippen LogP contribution in [0.15, 0.2) is 53.0 Å². The topological polar surface area (TPSA) is 86.0 Å². The third-order valence-electron chi connectivity index (χ3n) is 6.58. The minimum atomic E-state index is -1.53. The smallest absolute Gasteiger partial charge is 0.343 e. The second-order valence-corrected chi connectivity index (χ2v) is 9.32. The minimum Gasteiger partial charge on any atom is -0.463 e. The molecule has 0 saturated heterocycles. The summed E-state index contributed by atoms with van der Waals surface area (Å²) >= 11 is 0. The molecule has 1 aliphatic carbocycles. The summed E-state index contributed by atoms with van der Waals surface area (Å²) in [5.41, 5.74) is 1.02. The molecule has 6 nitrogen and oxygen atoms in total. The van der Waals surface area contributed by atoms with Gasteiger partial charge in [-0.05, 0) is 54.9 Å². The van der Waals surface area contributed by atoms with Gasteiger partial charge in [0, 0.05) is 12.0 Å². The van der Waals surface area contributed by atoms with E-state index in [9.17, 15) is 14.7 Å². The van der Waals surface area contributed by atoms with Gasteiger partial charge in [-0.2, -0.15) is 0 Å². The summed E-state index contributed by atoms with van der Waals surface area (Å²) in [6.45, 7) is 8.54. The summed E-state index contributed by atoms with van der Waals surface area (Å²) in [5.74, 6) is -0.240. The van der Waals surface area contributed by atoms with Gasteiger partial charge >= 0.3 is 11.9 Å². The van der Waals surface area contributed by atoms with Crippen LogP contribution in [-0.4, -0.2) is 29.8 Å². The van der Waals surface area contributed by atoms with Gasteiger partial charge in [-0.15, -0.1) is 0 Å². The third-order valence-corrected chi connectivity index (χ3v) is 6.58. The fraction of sp³-hybridized carbons (Fsp3) is 0.481. The van der Waals surface area contributed by atoms with Gasteiger partial charge in [0.25, 0.3) is 0 Å². The maximum Gasteiger partial charge on any atom is 0.343 e. The first-order valence-electron chi connectivity index (χ1n) is 11.6. The molecule has 0 radical (unpaired) electrons. The molecule has 0 spiro atoms. The van der Waals surface area contributed by atoms with Crippen LogP contribution in [-0.2, 0) is 24.5 Å². The molecule has 1 fully saturated rings. The average Bonchev–Trinajstić information content (AvgIpc) is 3.27. The van der Waals surface area contributed by atoms with Crippen molar-refractivity contribution < 1.29 is 28.6 Å². The summed E-state index contributed by atoms with van der Waals surface area (Å²) in [6.07, 6.45) is 3.60. The van der Waals surface area contributed by atoms with E-state index < -0.39 is 18.0 Å². The lowest BCUT2D eigenvalue weighted by atomic mass is 9.64. The number of esters is 2. The molecule has 0 bridgehead atoms. The van der Waals surface area contributed by atoms with Gasteiger partial charge in [0.2, 0.25) is 6.10 Å². The van der Waals surface area contributed by atoms with Crippen molar-refractivity contribution in [3.63, 3.8) is 0 Å². The van der Waals surface area contributed by atoms with Gasteiger partial charge < -0.3 is 19.0 Å². The van der Waals surface area contributed by atoms with E-state index in [1.165, 1.54) is 23.8 Å². The summed E-state index contributed by atoms with van der Waals surface area (Å²) in [7, 11) is 0. The van der Waals surface area contributed by atoms with Crippen LogP contribution in [0, 0.1) is 11.8 Å². The Morgan fingerprint density at radius 3 is 2.61 bits per heavy atom. The minimum absolute atomic E-state index is 0.0752. The highest BCUT2D eigenvalue weighted by Crippen LogP contribution is 2.44. The second-order valence-electron chi connectivity index (χ2n) is 9.32.